The highest BCUT2D eigenvalue weighted by Gasteiger charge is 2.23. The predicted molar refractivity (Wildman–Crippen MR) is 112 cm³/mol. The third-order valence-corrected chi connectivity index (χ3v) is 5.47. The average molecular weight is 405 g/mol. The minimum Gasteiger partial charge on any atom is -0.494 e. The van der Waals surface area contributed by atoms with Gasteiger partial charge in [0.2, 0.25) is 15.9 Å². The summed E-state index contributed by atoms with van der Waals surface area (Å²) >= 11 is 0. The van der Waals surface area contributed by atoms with Crippen LogP contribution in [0.3, 0.4) is 0 Å². The van der Waals surface area contributed by atoms with Crippen LogP contribution in [0, 0.1) is 6.92 Å². The van der Waals surface area contributed by atoms with Gasteiger partial charge in [-0.05, 0) is 38.0 Å². The van der Waals surface area contributed by atoms with Gasteiger partial charge in [0, 0.05) is 6.07 Å². The Morgan fingerprint density at radius 1 is 1.14 bits per heavy atom. The maximum absolute atomic E-state index is 12.6. The predicted octanol–water partition coefficient (Wildman–Crippen LogP) is 3.43. The summed E-state index contributed by atoms with van der Waals surface area (Å²) in [4.78, 5) is 12.6. The van der Waals surface area contributed by atoms with Gasteiger partial charge in [-0.3, -0.25) is 9.10 Å². The van der Waals surface area contributed by atoms with Crippen molar-refractivity contribution in [3.8, 4) is 5.75 Å². The molecule has 152 valence electrons. The summed E-state index contributed by atoms with van der Waals surface area (Å²) < 4.78 is 31.1. The fourth-order valence-corrected chi connectivity index (χ4v) is 3.73. The van der Waals surface area contributed by atoms with Crippen molar-refractivity contribution in [3.05, 3.63) is 59.7 Å². The molecule has 1 amide bonds. The van der Waals surface area contributed by atoms with Crippen molar-refractivity contribution in [1.29, 1.82) is 0 Å². The Morgan fingerprint density at radius 3 is 2.39 bits per heavy atom. The van der Waals surface area contributed by atoms with Crippen molar-refractivity contribution >= 4 is 21.6 Å². The second-order valence-corrected chi connectivity index (χ2v) is 8.55. The van der Waals surface area contributed by atoms with Gasteiger partial charge >= 0.3 is 0 Å². The zero-order chi connectivity index (χ0) is 20.7. The molecule has 2 rings (SSSR count). The van der Waals surface area contributed by atoms with Crippen molar-refractivity contribution < 1.29 is 17.9 Å². The highest BCUT2D eigenvalue weighted by atomic mass is 32.2. The van der Waals surface area contributed by atoms with Crippen LogP contribution >= 0.6 is 0 Å². The molecule has 7 heteroatoms. The van der Waals surface area contributed by atoms with Gasteiger partial charge in [0.15, 0.2) is 0 Å². The number of hydrogen-bond donors (Lipinski definition) is 1. The van der Waals surface area contributed by atoms with Crippen LogP contribution in [-0.2, 0) is 14.8 Å². The number of hydrogen-bond acceptors (Lipinski definition) is 4. The van der Waals surface area contributed by atoms with Crippen LogP contribution in [0.1, 0.15) is 37.4 Å². The van der Waals surface area contributed by atoms with Crippen molar-refractivity contribution in [2.45, 2.75) is 33.2 Å². The van der Waals surface area contributed by atoms with Crippen molar-refractivity contribution in [1.82, 2.24) is 5.32 Å². The molecule has 0 bridgehead atoms. The monoisotopic (exact) mass is 404 g/mol. The highest BCUT2D eigenvalue weighted by molar-refractivity contribution is 7.92. The number of benzene rings is 2. The maximum Gasteiger partial charge on any atom is 0.241 e. The van der Waals surface area contributed by atoms with Crippen molar-refractivity contribution in [2.24, 2.45) is 0 Å². The second-order valence-electron chi connectivity index (χ2n) is 6.64. The largest absolute Gasteiger partial charge is 0.494 e. The molecule has 1 N–H and O–H groups in total. The number of nitrogens with zero attached hydrogens (tertiary/aromatic N) is 1. The lowest BCUT2D eigenvalue weighted by Gasteiger charge is -2.24. The normalized spacial score (nSPS) is 12.3. The van der Waals surface area contributed by atoms with E-state index in [4.69, 9.17) is 4.74 Å². The Bertz CT molecular complexity index is 895. The molecule has 0 fully saturated rings. The van der Waals surface area contributed by atoms with Crippen LogP contribution in [0.15, 0.2) is 48.5 Å². The Hall–Kier alpha value is -2.54. The summed E-state index contributed by atoms with van der Waals surface area (Å²) in [6.07, 6.45) is 1.79. The summed E-state index contributed by atoms with van der Waals surface area (Å²) in [7, 11) is -3.64. The smallest absolute Gasteiger partial charge is 0.241 e. The minimum atomic E-state index is -3.64. The number of nitrogens with one attached hydrogen (secondary N) is 1. The van der Waals surface area contributed by atoms with E-state index in [1.165, 1.54) is 0 Å². The summed E-state index contributed by atoms with van der Waals surface area (Å²) in [5.41, 5.74) is 2.53. The summed E-state index contributed by atoms with van der Waals surface area (Å²) in [6, 6.07) is 14.5. The molecule has 2 aromatic rings. The van der Waals surface area contributed by atoms with Gasteiger partial charge in [-0.2, -0.15) is 0 Å². The van der Waals surface area contributed by atoms with Gasteiger partial charge in [0.1, 0.15) is 12.3 Å². The van der Waals surface area contributed by atoms with E-state index >= 15 is 0 Å². The van der Waals surface area contributed by atoms with Crippen LogP contribution in [0.25, 0.3) is 0 Å². The van der Waals surface area contributed by atoms with Crippen LogP contribution in [0.4, 0.5) is 5.69 Å². The lowest BCUT2D eigenvalue weighted by Crippen LogP contribution is -2.41. The molecular weight excluding hydrogens is 376 g/mol. The van der Waals surface area contributed by atoms with Gasteiger partial charge in [0.25, 0.3) is 0 Å². The Morgan fingerprint density at radius 2 is 1.82 bits per heavy atom. The quantitative estimate of drug-likeness (QED) is 0.695. The molecule has 0 aromatic heterocycles. The first kappa shape index (κ1) is 21.8. The molecular formula is C21H28N2O4S. The number of carbonyl (C=O) groups excluding carboxylic acids is 1. The number of amides is 1. The van der Waals surface area contributed by atoms with E-state index in [0.29, 0.717) is 24.5 Å². The zero-order valence-corrected chi connectivity index (χ0v) is 17.6. The lowest BCUT2D eigenvalue weighted by atomic mass is 10.0. The summed E-state index contributed by atoms with van der Waals surface area (Å²) in [5.74, 6) is 0.194. The average Bonchev–Trinajstić information content (AvgIpc) is 2.64. The standard InChI is InChI=1S/C21H28N2O4S/c1-5-20(17-12-10-16(3)11-13-17)22-21(24)15-23(28(4,25)26)18-8-7-9-19(14-18)27-6-2/h7-14,20H,5-6,15H2,1-4H3,(H,22,24)/t20-/m0/s1. The number of aryl methyl sites for hydroxylation is 1. The first-order valence-electron chi connectivity index (χ1n) is 9.31. The summed E-state index contributed by atoms with van der Waals surface area (Å²) in [5, 5.41) is 2.94. The minimum absolute atomic E-state index is 0.177. The molecule has 0 saturated heterocycles. The second kappa shape index (κ2) is 9.59. The SMILES string of the molecule is CCOc1cccc(N(CC(=O)N[C@@H](CC)c2ccc(C)cc2)S(C)(=O)=O)c1. The van der Waals surface area contributed by atoms with Crippen LogP contribution < -0.4 is 14.4 Å². The molecule has 28 heavy (non-hydrogen) atoms. The third-order valence-electron chi connectivity index (χ3n) is 4.33. The van der Waals surface area contributed by atoms with Gasteiger partial charge in [0.05, 0.1) is 24.6 Å². The fourth-order valence-electron chi connectivity index (χ4n) is 2.89. The van der Waals surface area contributed by atoms with E-state index < -0.39 is 10.0 Å². The maximum atomic E-state index is 12.6. The highest BCUT2D eigenvalue weighted by Crippen LogP contribution is 2.23. The molecule has 0 aliphatic rings. The first-order valence-corrected chi connectivity index (χ1v) is 11.2. The van der Waals surface area contributed by atoms with Crippen LogP contribution in [-0.4, -0.2) is 33.7 Å². The van der Waals surface area contributed by atoms with Gasteiger partial charge in [-0.25, -0.2) is 8.42 Å². The van der Waals surface area contributed by atoms with Crippen LogP contribution in [0.2, 0.25) is 0 Å². The molecule has 0 radical (unpaired) electrons. The molecule has 0 aliphatic heterocycles. The zero-order valence-electron chi connectivity index (χ0n) is 16.8. The number of carbonyl (C=O) groups is 1. The molecule has 0 aliphatic carbocycles. The van der Waals surface area contributed by atoms with Gasteiger partial charge in [-0.15, -0.1) is 0 Å². The Balaban J connectivity index is 2.19. The number of ether oxygens (including phenoxy) is 1. The Kier molecular flexibility index (Phi) is 7.45. The topological polar surface area (TPSA) is 75.7 Å². The fraction of sp³-hybridized carbons (Fsp3) is 0.381. The molecule has 0 saturated carbocycles. The van der Waals surface area contributed by atoms with E-state index in [1.54, 1.807) is 24.3 Å². The van der Waals surface area contributed by atoms with Crippen molar-refractivity contribution in [2.75, 3.05) is 23.7 Å². The van der Waals surface area contributed by atoms with Gasteiger partial charge < -0.3 is 10.1 Å². The van der Waals surface area contributed by atoms with Gasteiger partial charge in [-0.1, -0.05) is 42.8 Å². The molecule has 0 unspecified atom stereocenters. The molecule has 2 aromatic carbocycles. The molecule has 6 nitrogen and oxygen atoms in total. The van der Waals surface area contributed by atoms with E-state index in [1.807, 2.05) is 45.0 Å². The molecule has 1 atom stereocenters. The lowest BCUT2D eigenvalue weighted by molar-refractivity contribution is -0.120. The Labute approximate surface area is 167 Å². The van der Waals surface area contributed by atoms with E-state index in [9.17, 15) is 13.2 Å². The first-order chi connectivity index (χ1) is 13.2. The van der Waals surface area contributed by atoms with E-state index in [2.05, 4.69) is 5.32 Å². The molecule has 0 spiro atoms. The van der Waals surface area contributed by atoms with E-state index in [-0.39, 0.29) is 18.5 Å². The van der Waals surface area contributed by atoms with Crippen LogP contribution in [0.5, 0.6) is 5.75 Å². The van der Waals surface area contributed by atoms with Crippen molar-refractivity contribution in [3.63, 3.8) is 0 Å². The third kappa shape index (κ3) is 5.99. The summed E-state index contributed by atoms with van der Waals surface area (Å²) in [6.45, 7) is 6.01. The number of sulfonamides is 1. The number of rotatable bonds is 9. The number of anilines is 1. The van der Waals surface area contributed by atoms with E-state index in [0.717, 1.165) is 21.7 Å². The molecule has 0 heterocycles.